The van der Waals surface area contributed by atoms with Crippen LogP contribution in [0.1, 0.15) is 34.6 Å². The van der Waals surface area contributed by atoms with Crippen molar-refractivity contribution in [1.29, 1.82) is 0 Å². The molecule has 1 aliphatic heterocycles. The average Bonchev–Trinajstić information content (AvgIpc) is 3.08. The predicted octanol–water partition coefficient (Wildman–Crippen LogP) is 2.11. The van der Waals surface area contributed by atoms with Gasteiger partial charge in [0.25, 0.3) is 0 Å². The normalized spacial score (nSPS) is 18.2. The van der Waals surface area contributed by atoms with E-state index >= 15 is 0 Å². The zero-order valence-corrected chi connectivity index (χ0v) is 13.1. The number of aromatic nitrogens is 3. The fourth-order valence-corrected chi connectivity index (χ4v) is 3.23. The van der Waals surface area contributed by atoms with E-state index in [0.29, 0.717) is 13.0 Å². The molecule has 1 aliphatic rings. The molecule has 0 bridgehead atoms. The van der Waals surface area contributed by atoms with Crippen LogP contribution in [0.5, 0.6) is 0 Å². The van der Waals surface area contributed by atoms with Gasteiger partial charge < -0.3 is 4.90 Å². The summed E-state index contributed by atoms with van der Waals surface area (Å²) in [4.78, 5) is 27.4. The summed E-state index contributed by atoms with van der Waals surface area (Å²) in [6.07, 6.45) is 3.12. The number of amides is 1. The van der Waals surface area contributed by atoms with Gasteiger partial charge in [-0.3, -0.25) is 4.79 Å². The Balaban J connectivity index is 1.62. The number of aryl methyl sites for hydroxylation is 2. The Morgan fingerprint density at radius 2 is 2.29 bits per heavy atom. The minimum Gasteiger partial charge on any atom is -0.342 e. The van der Waals surface area contributed by atoms with Gasteiger partial charge in [0.2, 0.25) is 5.91 Å². The second-order valence-electron chi connectivity index (χ2n) is 5.42. The molecule has 0 N–H and O–H groups in total. The van der Waals surface area contributed by atoms with Crippen molar-refractivity contribution in [2.75, 3.05) is 13.1 Å². The minimum atomic E-state index is 0.149. The number of likely N-dealkylation sites (tertiary alicyclic amines) is 1. The Morgan fingerprint density at radius 3 is 3.00 bits per heavy atom. The molecular weight excluding hydrogens is 284 g/mol. The van der Waals surface area contributed by atoms with Crippen molar-refractivity contribution in [3.8, 4) is 0 Å². The van der Waals surface area contributed by atoms with Gasteiger partial charge in [0.05, 0.1) is 17.1 Å². The lowest BCUT2D eigenvalue weighted by Crippen LogP contribution is -2.30. The van der Waals surface area contributed by atoms with Gasteiger partial charge in [0, 0.05) is 36.3 Å². The Bertz CT molecular complexity index is 655. The van der Waals surface area contributed by atoms with E-state index in [1.165, 1.54) is 0 Å². The lowest BCUT2D eigenvalue weighted by Gasteiger charge is -2.15. The van der Waals surface area contributed by atoms with Crippen molar-refractivity contribution >= 4 is 17.2 Å². The SMILES string of the molecule is Cc1ccnc(C2CCN(C(=O)Cc3csc(C)n3)C2)n1. The number of carbonyl (C=O) groups excluding carboxylic acids is 1. The number of hydrogen-bond donors (Lipinski definition) is 0. The molecule has 3 heterocycles. The molecule has 1 unspecified atom stereocenters. The zero-order valence-electron chi connectivity index (χ0n) is 12.2. The molecule has 0 aliphatic carbocycles. The lowest BCUT2D eigenvalue weighted by atomic mass is 10.1. The Kier molecular flexibility index (Phi) is 3.96. The first kappa shape index (κ1) is 14.1. The molecule has 6 heteroatoms. The molecule has 0 radical (unpaired) electrons. The fourth-order valence-electron chi connectivity index (χ4n) is 2.62. The molecule has 1 atom stereocenters. The Morgan fingerprint density at radius 1 is 1.43 bits per heavy atom. The van der Waals surface area contributed by atoms with Crippen molar-refractivity contribution in [2.45, 2.75) is 32.6 Å². The number of thiazole rings is 1. The highest BCUT2D eigenvalue weighted by Crippen LogP contribution is 2.25. The van der Waals surface area contributed by atoms with Crippen LogP contribution in [0.2, 0.25) is 0 Å². The summed E-state index contributed by atoms with van der Waals surface area (Å²) in [5.41, 5.74) is 1.85. The van der Waals surface area contributed by atoms with Gasteiger partial charge in [-0.2, -0.15) is 0 Å². The van der Waals surface area contributed by atoms with E-state index in [-0.39, 0.29) is 11.8 Å². The molecule has 5 nitrogen and oxygen atoms in total. The molecule has 0 saturated carbocycles. The molecule has 1 saturated heterocycles. The first-order chi connectivity index (χ1) is 10.1. The highest BCUT2D eigenvalue weighted by atomic mass is 32.1. The van der Waals surface area contributed by atoms with Crippen LogP contribution in [-0.4, -0.2) is 38.8 Å². The maximum absolute atomic E-state index is 12.3. The summed E-state index contributed by atoms with van der Waals surface area (Å²) in [5, 5.41) is 2.97. The summed E-state index contributed by atoms with van der Waals surface area (Å²) in [6, 6.07) is 1.89. The predicted molar refractivity (Wildman–Crippen MR) is 81.3 cm³/mol. The van der Waals surface area contributed by atoms with Crippen LogP contribution < -0.4 is 0 Å². The van der Waals surface area contributed by atoms with Crippen molar-refractivity contribution in [2.24, 2.45) is 0 Å². The van der Waals surface area contributed by atoms with Crippen LogP contribution in [0.25, 0.3) is 0 Å². The molecule has 0 spiro atoms. The second-order valence-corrected chi connectivity index (χ2v) is 6.48. The molecule has 3 rings (SSSR count). The largest absolute Gasteiger partial charge is 0.342 e. The van der Waals surface area contributed by atoms with Crippen molar-refractivity contribution < 1.29 is 4.79 Å². The number of rotatable bonds is 3. The maximum atomic E-state index is 12.3. The van der Waals surface area contributed by atoms with Gasteiger partial charge in [-0.05, 0) is 26.3 Å². The van der Waals surface area contributed by atoms with Crippen LogP contribution in [-0.2, 0) is 11.2 Å². The molecule has 1 amide bonds. The monoisotopic (exact) mass is 302 g/mol. The average molecular weight is 302 g/mol. The van der Waals surface area contributed by atoms with E-state index < -0.39 is 0 Å². The smallest absolute Gasteiger partial charge is 0.228 e. The minimum absolute atomic E-state index is 0.149. The van der Waals surface area contributed by atoms with Gasteiger partial charge in [0.15, 0.2) is 0 Å². The molecule has 2 aromatic rings. The third-order valence-electron chi connectivity index (χ3n) is 3.72. The molecule has 21 heavy (non-hydrogen) atoms. The summed E-state index contributed by atoms with van der Waals surface area (Å²) >= 11 is 1.59. The standard InChI is InChI=1S/C15H18N4OS/c1-10-3-5-16-15(17-10)12-4-6-19(8-12)14(20)7-13-9-21-11(2)18-13/h3,5,9,12H,4,6-8H2,1-2H3. The fraction of sp³-hybridized carbons (Fsp3) is 0.467. The summed E-state index contributed by atoms with van der Waals surface area (Å²) in [7, 11) is 0. The first-order valence-corrected chi connectivity index (χ1v) is 7.98. The van der Waals surface area contributed by atoms with Gasteiger partial charge in [-0.15, -0.1) is 11.3 Å². The quantitative estimate of drug-likeness (QED) is 0.871. The summed E-state index contributed by atoms with van der Waals surface area (Å²) < 4.78 is 0. The highest BCUT2D eigenvalue weighted by molar-refractivity contribution is 7.09. The Hall–Kier alpha value is -1.82. The van der Waals surface area contributed by atoms with Gasteiger partial charge in [-0.25, -0.2) is 15.0 Å². The van der Waals surface area contributed by atoms with Gasteiger partial charge >= 0.3 is 0 Å². The molecule has 0 aromatic carbocycles. The molecular formula is C15H18N4OS. The molecule has 2 aromatic heterocycles. The van der Waals surface area contributed by atoms with Gasteiger partial charge in [-0.1, -0.05) is 0 Å². The third kappa shape index (κ3) is 3.26. The zero-order chi connectivity index (χ0) is 14.8. The first-order valence-electron chi connectivity index (χ1n) is 7.10. The second kappa shape index (κ2) is 5.89. The van der Waals surface area contributed by atoms with Crippen LogP contribution in [0.4, 0.5) is 0 Å². The topological polar surface area (TPSA) is 59.0 Å². The highest BCUT2D eigenvalue weighted by Gasteiger charge is 2.29. The third-order valence-corrected chi connectivity index (χ3v) is 4.54. The van der Waals surface area contributed by atoms with E-state index in [4.69, 9.17) is 0 Å². The van der Waals surface area contributed by atoms with Crippen molar-refractivity contribution in [3.63, 3.8) is 0 Å². The van der Waals surface area contributed by atoms with Gasteiger partial charge in [0.1, 0.15) is 5.82 Å². The maximum Gasteiger partial charge on any atom is 0.228 e. The van der Waals surface area contributed by atoms with Crippen LogP contribution in [0.15, 0.2) is 17.6 Å². The van der Waals surface area contributed by atoms with Crippen LogP contribution in [0.3, 0.4) is 0 Å². The van der Waals surface area contributed by atoms with Crippen molar-refractivity contribution in [1.82, 2.24) is 19.9 Å². The van der Waals surface area contributed by atoms with E-state index in [1.807, 2.05) is 30.2 Å². The summed E-state index contributed by atoms with van der Waals surface area (Å²) in [5.74, 6) is 1.26. The van der Waals surface area contributed by atoms with E-state index in [0.717, 1.165) is 35.2 Å². The molecule has 110 valence electrons. The number of carbonyl (C=O) groups is 1. The van der Waals surface area contributed by atoms with E-state index in [2.05, 4.69) is 15.0 Å². The lowest BCUT2D eigenvalue weighted by molar-refractivity contribution is -0.129. The number of hydrogen-bond acceptors (Lipinski definition) is 5. The van der Waals surface area contributed by atoms with Crippen LogP contribution >= 0.6 is 11.3 Å². The number of nitrogens with zero attached hydrogens (tertiary/aromatic N) is 4. The van der Waals surface area contributed by atoms with E-state index in [9.17, 15) is 4.79 Å². The van der Waals surface area contributed by atoms with E-state index in [1.54, 1.807) is 17.5 Å². The Labute approximate surface area is 128 Å². The van der Waals surface area contributed by atoms with Crippen molar-refractivity contribution in [3.05, 3.63) is 39.9 Å². The summed E-state index contributed by atoms with van der Waals surface area (Å²) in [6.45, 7) is 5.42. The molecule has 1 fully saturated rings. The van der Waals surface area contributed by atoms with Crippen LogP contribution in [0, 0.1) is 13.8 Å².